The van der Waals surface area contributed by atoms with Gasteiger partial charge in [0, 0.05) is 6.42 Å². The van der Waals surface area contributed by atoms with Gasteiger partial charge >= 0.3 is 0 Å². The minimum Gasteiger partial charge on any atom is -0.506 e. The van der Waals surface area contributed by atoms with Crippen LogP contribution in [0.25, 0.3) is 5.52 Å². The highest BCUT2D eigenvalue weighted by Gasteiger charge is 2.29. The van der Waals surface area contributed by atoms with E-state index in [2.05, 4.69) is 4.98 Å². The molecule has 0 aliphatic carbocycles. The molecule has 5 nitrogen and oxygen atoms in total. The zero-order valence-electron chi connectivity index (χ0n) is 10.5. The summed E-state index contributed by atoms with van der Waals surface area (Å²) in [5.74, 6) is 1.13. The topological polar surface area (TPSA) is 71.7 Å². The van der Waals surface area contributed by atoms with Crippen LogP contribution in [0.1, 0.15) is 25.1 Å². The second-order valence-corrected chi connectivity index (χ2v) is 7.45. The van der Waals surface area contributed by atoms with Crippen LogP contribution in [0, 0.1) is 0 Å². The number of hydrogen-bond donors (Lipinski definition) is 1. The third-order valence-electron chi connectivity index (χ3n) is 3.71. The van der Waals surface area contributed by atoms with E-state index < -0.39 is 9.84 Å². The lowest BCUT2D eigenvalue weighted by Gasteiger charge is -2.21. The Kier molecular flexibility index (Phi) is 2.97. The fraction of sp³-hybridized carbons (Fsp3) is 0.462. The molecule has 0 amide bonds. The summed E-state index contributed by atoms with van der Waals surface area (Å²) in [5.41, 5.74) is 0.862. The van der Waals surface area contributed by atoms with Crippen molar-refractivity contribution < 1.29 is 13.5 Å². The Labute approximate surface area is 111 Å². The van der Waals surface area contributed by atoms with Crippen molar-refractivity contribution in [2.75, 3.05) is 5.75 Å². The molecule has 1 aliphatic heterocycles. The summed E-state index contributed by atoms with van der Waals surface area (Å²) >= 11 is 0. The van der Waals surface area contributed by atoms with Gasteiger partial charge in [0.2, 0.25) is 0 Å². The molecule has 1 fully saturated rings. The molecule has 3 heterocycles. The van der Waals surface area contributed by atoms with Crippen molar-refractivity contribution in [3.8, 4) is 5.75 Å². The molecule has 2 aromatic rings. The number of nitrogens with zero attached hydrogens (tertiary/aromatic N) is 2. The van der Waals surface area contributed by atoms with E-state index in [9.17, 15) is 13.5 Å². The van der Waals surface area contributed by atoms with Gasteiger partial charge in [0.25, 0.3) is 0 Å². The molecule has 0 bridgehead atoms. The highest BCUT2D eigenvalue weighted by molar-refractivity contribution is 7.92. The molecule has 0 saturated carbocycles. The van der Waals surface area contributed by atoms with Crippen LogP contribution >= 0.6 is 0 Å². The van der Waals surface area contributed by atoms with E-state index >= 15 is 0 Å². The molecule has 0 spiro atoms. The van der Waals surface area contributed by atoms with Gasteiger partial charge in [-0.2, -0.15) is 0 Å². The Balaban J connectivity index is 1.95. The summed E-state index contributed by atoms with van der Waals surface area (Å²) in [6, 6.07) is 3.36. The van der Waals surface area contributed by atoms with Gasteiger partial charge in [0.05, 0.1) is 28.9 Å². The van der Waals surface area contributed by atoms with Crippen molar-refractivity contribution in [3.63, 3.8) is 0 Å². The minimum atomic E-state index is -2.99. The van der Waals surface area contributed by atoms with E-state index in [1.54, 1.807) is 28.9 Å². The molecule has 2 aromatic heterocycles. The van der Waals surface area contributed by atoms with Crippen molar-refractivity contribution in [3.05, 3.63) is 30.4 Å². The van der Waals surface area contributed by atoms with Gasteiger partial charge in [-0.05, 0) is 25.0 Å². The van der Waals surface area contributed by atoms with Crippen LogP contribution in [0.2, 0.25) is 0 Å². The van der Waals surface area contributed by atoms with Crippen molar-refractivity contribution in [1.82, 2.24) is 9.38 Å². The van der Waals surface area contributed by atoms with E-state index in [0.717, 1.165) is 18.4 Å². The van der Waals surface area contributed by atoms with Crippen LogP contribution in [0.4, 0.5) is 0 Å². The van der Waals surface area contributed by atoms with Crippen molar-refractivity contribution in [2.24, 2.45) is 0 Å². The minimum absolute atomic E-state index is 0.151. The SMILES string of the molecule is O=S1(=O)CCCCC1Cc1ncc2ccc(O)cn12. The molecule has 1 atom stereocenters. The number of sulfone groups is 1. The highest BCUT2D eigenvalue weighted by atomic mass is 32.2. The second kappa shape index (κ2) is 4.52. The average Bonchev–Trinajstić information content (AvgIpc) is 2.74. The molecule has 0 aromatic carbocycles. The molecule has 102 valence electrons. The van der Waals surface area contributed by atoms with Gasteiger partial charge < -0.3 is 5.11 Å². The lowest BCUT2D eigenvalue weighted by Crippen LogP contribution is -2.30. The lowest BCUT2D eigenvalue weighted by atomic mass is 10.1. The van der Waals surface area contributed by atoms with E-state index in [4.69, 9.17) is 0 Å². The predicted molar refractivity (Wildman–Crippen MR) is 72.0 cm³/mol. The number of imidazole rings is 1. The largest absolute Gasteiger partial charge is 0.506 e. The van der Waals surface area contributed by atoms with Crippen molar-refractivity contribution in [2.45, 2.75) is 30.9 Å². The number of hydrogen-bond acceptors (Lipinski definition) is 4. The van der Waals surface area contributed by atoms with Gasteiger partial charge in [-0.15, -0.1) is 0 Å². The van der Waals surface area contributed by atoms with Crippen LogP contribution in [-0.4, -0.2) is 33.9 Å². The first-order valence-electron chi connectivity index (χ1n) is 6.43. The zero-order valence-corrected chi connectivity index (χ0v) is 11.3. The molecular formula is C13H16N2O3S. The first-order chi connectivity index (χ1) is 9.06. The van der Waals surface area contributed by atoms with Crippen LogP contribution < -0.4 is 0 Å². The quantitative estimate of drug-likeness (QED) is 0.906. The number of fused-ring (bicyclic) bond motifs is 1. The standard InChI is InChI=1S/C13H16N2O3S/c16-11-5-4-10-8-14-13(15(10)9-11)7-12-3-1-2-6-19(12,17)18/h4-5,8-9,12,16H,1-3,6-7H2. The first kappa shape index (κ1) is 12.5. The number of pyridine rings is 1. The summed E-state index contributed by atoms with van der Waals surface area (Å²) in [6.45, 7) is 0. The Morgan fingerprint density at radius 2 is 2.21 bits per heavy atom. The summed E-state index contributed by atoms with van der Waals surface area (Å²) in [4.78, 5) is 4.28. The molecular weight excluding hydrogens is 264 g/mol. The molecule has 1 unspecified atom stereocenters. The summed E-state index contributed by atoms with van der Waals surface area (Å²) in [7, 11) is -2.99. The lowest BCUT2D eigenvalue weighted by molar-refractivity contribution is 0.471. The summed E-state index contributed by atoms with van der Waals surface area (Å²) in [6.07, 6.45) is 6.12. The third-order valence-corrected chi connectivity index (χ3v) is 5.99. The molecule has 6 heteroatoms. The van der Waals surface area contributed by atoms with E-state index in [-0.39, 0.29) is 16.8 Å². The van der Waals surface area contributed by atoms with Gasteiger partial charge in [-0.3, -0.25) is 4.40 Å². The number of rotatable bonds is 2. The Morgan fingerprint density at radius 3 is 3.00 bits per heavy atom. The van der Waals surface area contributed by atoms with Crippen LogP contribution in [0.5, 0.6) is 5.75 Å². The zero-order chi connectivity index (χ0) is 13.5. The molecule has 19 heavy (non-hydrogen) atoms. The smallest absolute Gasteiger partial charge is 0.153 e. The molecule has 1 aliphatic rings. The van der Waals surface area contributed by atoms with E-state index in [1.165, 1.54) is 0 Å². The average molecular weight is 280 g/mol. The fourth-order valence-electron chi connectivity index (χ4n) is 2.64. The third kappa shape index (κ3) is 2.32. The first-order valence-corrected chi connectivity index (χ1v) is 8.14. The second-order valence-electron chi connectivity index (χ2n) is 5.05. The van der Waals surface area contributed by atoms with E-state index in [1.807, 2.05) is 0 Å². The Bertz CT molecular complexity index is 706. The monoisotopic (exact) mass is 280 g/mol. The van der Waals surface area contributed by atoms with E-state index in [0.29, 0.717) is 18.7 Å². The fourth-order valence-corrected chi connectivity index (χ4v) is 4.51. The van der Waals surface area contributed by atoms with Crippen LogP contribution in [0.3, 0.4) is 0 Å². The molecule has 1 saturated heterocycles. The maximum absolute atomic E-state index is 12.0. The Morgan fingerprint density at radius 1 is 1.37 bits per heavy atom. The van der Waals surface area contributed by atoms with Crippen LogP contribution in [0.15, 0.2) is 24.5 Å². The van der Waals surface area contributed by atoms with Gasteiger partial charge in [-0.1, -0.05) is 6.42 Å². The van der Waals surface area contributed by atoms with Gasteiger partial charge in [-0.25, -0.2) is 13.4 Å². The summed E-state index contributed by atoms with van der Waals surface area (Å²) in [5, 5.41) is 9.18. The highest BCUT2D eigenvalue weighted by Crippen LogP contribution is 2.23. The Hall–Kier alpha value is -1.56. The summed E-state index contributed by atoms with van der Waals surface area (Å²) < 4.78 is 25.8. The number of aromatic hydroxyl groups is 1. The van der Waals surface area contributed by atoms with Gasteiger partial charge in [0.15, 0.2) is 9.84 Å². The number of aromatic nitrogens is 2. The van der Waals surface area contributed by atoms with Crippen molar-refractivity contribution >= 4 is 15.4 Å². The predicted octanol–water partition coefficient (Wildman–Crippen LogP) is 1.55. The normalized spacial score (nSPS) is 22.6. The van der Waals surface area contributed by atoms with Crippen molar-refractivity contribution in [1.29, 1.82) is 0 Å². The maximum Gasteiger partial charge on any atom is 0.153 e. The van der Waals surface area contributed by atoms with Gasteiger partial charge in [0.1, 0.15) is 11.6 Å². The molecule has 3 rings (SSSR count). The molecule has 1 N–H and O–H groups in total. The van der Waals surface area contributed by atoms with Crippen LogP contribution in [-0.2, 0) is 16.3 Å². The maximum atomic E-state index is 12.0. The molecule has 0 radical (unpaired) electrons.